The van der Waals surface area contributed by atoms with E-state index in [1.54, 1.807) is 0 Å². The van der Waals surface area contributed by atoms with Crippen molar-refractivity contribution in [3.05, 3.63) is 47.8 Å². The first-order chi connectivity index (χ1) is 8.79. The molecule has 0 fully saturated rings. The number of rotatable bonds is 5. The fourth-order valence-corrected chi connectivity index (χ4v) is 1.94. The standard InChI is InChI=1S/C16H20N2/c1-3-4-5-6-14-7-9-15(10-8-14)16-17-11-13(2)12-18-16/h7-12H,3-6H2,1-2H3. The highest BCUT2D eigenvalue weighted by Gasteiger charge is 2.00. The van der Waals surface area contributed by atoms with Gasteiger partial charge in [0, 0.05) is 18.0 Å². The Labute approximate surface area is 109 Å². The van der Waals surface area contributed by atoms with Crippen molar-refractivity contribution in [2.24, 2.45) is 0 Å². The zero-order valence-electron chi connectivity index (χ0n) is 11.2. The van der Waals surface area contributed by atoms with Gasteiger partial charge in [-0.1, -0.05) is 44.0 Å². The molecule has 1 aromatic carbocycles. The van der Waals surface area contributed by atoms with Crippen LogP contribution < -0.4 is 0 Å². The van der Waals surface area contributed by atoms with Crippen LogP contribution in [-0.2, 0) is 6.42 Å². The SMILES string of the molecule is CCCCCc1ccc(-c2ncc(C)cn2)cc1. The molecule has 2 heteroatoms. The van der Waals surface area contributed by atoms with Crippen LogP contribution in [0.1, 0.15) is 37.3 Å². The molecule has 18 heavy (non-hydrogen) atoms. The molecule has 0 radical (unpaired) electrons. The number of unbranched alkanes of at least 4 members (excludes halogenated alkanes) is 2. The van der Waals surface area contributed by atoms with Crippen molar-refractivity contribution in [2.75, 3.05) is 0 Å². The first-order valence-corrected chi connectivity index (χ1v) is 6.67. The molecule has 0 atom stereocenters. The summed E-state index contributed by atoms with van der Waals surface area (Å²) in [6, 6.07) is 8.61. The summed E-state index contributed by atoms with van der Waals surface area (Å²) in [6.45, 7) is 4.23. The van der Waals surface area contributed by atoms with Crippen molar-refractivity contribution in [1.82, 2.24) is 9.97 Å². The minimum absolute atomic E-state index is 0.806. The average molecular weight is 240 g/mol. The number of aryl methyl sites for hydroxylation is 2. The van der Waals surface area contributed by atoms with Crippen molar-refractivity contribution < 1.29 is 0 Å². The van der Waals surface area contributed by atoms with Crippen molar-refractivity contribution >= 4 is 0 Å². The first kappa shape index (κ1) is 12.7. The quantitative estimate of drug-likeness (QED) is 0.732. The zero-order chi connectivity index (χ0) is 12.8. The van der Waals surface area contributed by atoms with Gasteiger partial charge in [-0.15, -0.1) is 0 Å². The van der Waals surface area contributed by atoms with Crippen molar-refractivity contribution in [3.63, 3.8) is 0 Å². The third-order valence-electron chi connectivity index (χ3n) is 3.06. The number of nitrogens with zero attached hydrogens (tertiary/aromatic N) is 2. The Kier molecular flexibility index (Phi) is 4.46. The molecule has 0 aliphatic rings. The van der Waals surface area contributed by atoms with Crippen molar-refractivity contribution in [3.8, 4) is 11.4 Å². The van der Waals surface area contributed by atoms with Gasteiger partial charge in [-0.25, -0.2) is 9.97 Å². The van der Waals surface area contributed by atoms with E-state index in [2.05, 4.69) is 41.2 Å². The van der Waals surface area contributed by atoms with Gasteiger partial charge in [0.25, 0.3) is 0 Å². The Morgan fingerprint density at radius 3 is 2.22 bits per heavy atom. The third-order valence-corrected chi connectivity index (χ3v) is 3.06. The molecule has 2 aromatic rings. The Morgan fingerprint density at radius 2 is 1.61 bits per heavy atom. The average Bonchev–Trinajstić information content (AvgIpc) is 2.41. The fraction of sp³-hybridized carbons (Fsp3) is 0.375. The van der Waals surface area contributed by atoms with Crippen LogP contribution in [0, 0.1) is 6.92 Å². The van der Waals surface area contributed by atoms with Crippen LogP contribution >= 0.6 is 0 Å². The van der Waals surface area contributed by atoms with Crippen molar-refractivity contribution in [2.45, 2.75) is 39.5 Å². The van der Waals surface area contributed by atoms with E-state index in [0.29, 0.717) is 0 Å². The second-order valence-electron chi connectivity index (χ2n) is 4.74. The second-order valence-corrected chi connectivity index (χ2v) is 4.74. The van der Waals surface area contributed by atoms with Crippen LogP contribution in [0.25, 0.3) is 11.4 Å². The minimum atomic E-state index is 0.806. The third kappa shape index (κ3) is 3.39. The lowest BCUT2D eigenvalue weighted by Gasteiger charge is -2.03. The van der Waals surface area contributed by atoms with Gasteiger partial charge in [0.05, 0.1) is 0 Å². The van der Waals surface area contributed by atoms with Gasteiger partial charge >= 0.3 is 0 Å². The van der Waals surface area contributed by atoms with E-state index in [9.17, 15) is 0 Å². The van der Waals surface area contributed by atoms with E-state index in [1.807, 2.05) is 19.3 Å². The summed E-state index contributed by atoms with van der Waals surface area (Å²) < 4.78 is 0. The molecule has 0 saturated carbocycles. The van der Waals surface area contributed by atoms with Crippen LogP contribution in [0.3, 0.4) is 0 Å². The van der Waals surface area contributed by atoms with E-state index in [0.717, 1.165) is 17.0 Å². The molecule has 0 aliphatic carbocycles. The number of hydrogen-bond acceptors (Lipinski definition) is 2. The predicted molar refractivity (Wildman–Crippen MR) is 75.4 cm³/mol. The van der Waals surface area contributed by atoms with Gasteiger partial charge < -0.3 is 0 Å². The highest BCUT2D eigenvalue weighted by atomic mass is 14.9. The van der Waals surface area contributed by atoms with E-state index in [4.69, 9.17) is 0 Å². The lowest BCUT2D eigenvalue weighted by atomic mass is 10.1. The molecular formula is C16H20N2. The molecule has 0 amide bonds. The number of aromatic nitrogens is 2. The van der Waals surface area contributed by atoms with Crippen LogP contribution in [-0.4, -0.2) is 9.97 Å². The minimum Gasteiger partial charge on any atom is -0.236 e. The first-order valence-electron chi connectivity index (χ1n) is 6.67. The fourth-order valence-electron chi connectivity index (χ4n) is 1.94. The molecule has 2 nitrogen and oxygen atoms in total. The summed E-state index contributed by atoms with van der Waals surface area (Å²) in [6.07, 6.45) is 8.74. The smallest absolute Gasteiger partial charge is 0.159 e. The molecular weight excluding hydrogens is 220 g/mol. The lowest BCUT2D eigenvalue weighted by Crippen LogP contribution is -1.90. The van der Waals surface area contributed by atoms with Crippen molar-refractivity contribution in [1.29, 1.82) is 0 Å². The normalized spacial score (nSPS) is 10.6. The molecule has 1 aromatic heterocycles. The Hall–Kier alpha value is -1.70. The maximum atomic E-state index is 4.34. The van der Waals surface area contributed by atoms with Gasteiger partial charge in [0.2, 0.25) is 0 Å². The van der Waals surface area contributed by atoms with E-state index >= 15 is 0 Å². The molecule has 0 bridgehead atoms. The number of hydrogen-bond donors (Lipinski definition) is 0. The lowest BCUT2D eigenvalue weighted by molar-refractivity contribution is 0.717. The predicted octanol–water partition coefficient (Wildman–Crippen LogP) is 4.18. The summed E-state index contributed by atoms with van der Waals surface area (Å²) in [4.78, 5) is 8.68. The van der Waals surface area contributed by atoms with Gasteiger partial charge in [-0.2, -0.15) is 0 Å². The van der Waals surface area contributed by atoms with E-state index in [-0.39, 0.29) is 0 Å². The zero-order valence-corrected chi connectivity index (χ0v) is 11.2. The Balaban J connectivity index is 2.05. The molecule has 1 heterocycles. The van der Waals surface area contributed by atoms with E-state index in [1.165, 1.54) is 31.2 Å². The summed E-state index contributed by atoms with van der Waals surface area (Å²) in [7, 11) is 0. The molecule has 0 aliphatic heterocycles. The molecule has 0 saturated heterocycles. The molecule has 94 valence electrons. The Morgan fingerprint density at radius 1 is 0.944 bits per heavy atom. The van der Waals surface area contributed by atoms with Crippen LogP contribution in [0.2, 0.25) is 0 Å². The largest absolute Gasteiger partial charge is 0.236 e. The molecule has 0 unspecified atom stereocenters. The summed E-state index contributed by atoms with van der Waals surface area (Å²) in [5, 5.41) is 0. The molecule has 0 spiro atoms. The Bertz CT molecular complexity index is 471. The van der Waals surface area contributed by atoms with E-state index < -0.39 is 0 Å². The van der Waals surface area contributed by atoms with Gasteiger partial charge in [0.1, 0.15) is 0 Å². The maximum absolute atomic E-state index is 4.34. The van der Waals surface area contributed by atoms with Crippen LogP contribution in [0.15, 0.2) is 36.7 Å². The molecule has 2 rings (SSSR count). The van der Waals surface area contributed by atoms with Gasteiger partial charge in [-0.05, 0) is 30.9 Å². The number of benzene rings is 1. The topological polar surface area (TPSA) is 25.8 Å². The summed E-state index contributed by atoms with van der Waals surface area (Å²) in [5.41, 5.74) is 3.59. The van der Waals surface area contributed by atoms with Crippen LogP contribution in [0.5, 0.6) is 0 Å². The summed E-state index contributed by atoms with van der Waals surface area (Å²) >= 11 is 0. The van der Waals surface area contributed by atoms with Crippen LogP contribution in [0.4, 0.5) is 0 Å². The van der Waals surface area contributed by atoms with Gasteiger partial charge in [-0.3, -0.25) is 0 Å². The highest BCUT2D eigenvalue weighted by molar-refractivity contribution is 5.55. The molecule has 0 N–H and O–H groups in total. The highest BCUT2D eigenvalue weighted by Crippen LogP contribution is 2.16. The summed E-state index contributed by atoms with van der Waals surface area (Å²) in [5.74, 6) is 0.806. The monoisotopic (exact) mass is 240 g/mol. The van der Waals surface area contributed by atoms with Gasteiger partial charge in [0.15, 0.2) is 5.82 Å². The second kappa shape index (κ2) is 6.29. The maximum Gasteiger partial charge on any atom is 0.159 e.